The largest absolute Gasteiger partial charge is 0.315 e. The lowest BCUT2D eigenvalue weighted by Gasteiger charge is -2.39. The zero-order valence-corrected chi connectivity index (χ0v) is 17.3. The Labute approximate surface area is 162 Å². The lowest BCUT2D eigenvalue weighted by atomic mass is 9.92. The molecule has 0 atom stereocenters. The molecule has 2 aromatic rings. The minimum atomic E-state index is 0.0941. The number of likely N-dealkylation sites (N-methyl/N-ethyl adjacent to an activating group) is 1. The third-order valence-electron chi connectivity index (χ3n) is 6.77. The number of nitrogens with zero attached hydrogens (tertiary/aromatic N) is 3. The van der Waals surface area contributed by atoms with E-state index in [1.165, 1.54) is 29.5 Å². The first-order chi connectivity index (χ1) is 12.8. The van der Waals surface area contributed by atoms with Gasteiger partial charge in [-0.05, 0) is 63.4 Å². The smallest absolute Gasteiger partial charge is 0.253 e. The van der Waals surface area contributed by atoms with Crippen LogP contribution in [-0.4, -0.2) is 47.6 Å². The maximum atomic E-state index is 12.2. The van der Waals surface area contributed by atoms with E-state index in [4.69, 9.17) is 0 Å². The van der Waals surface area contributed by atoms with Crippen molar-refractivity contribution in [2.24, 2.45) is 7.05 Å². The molecule has 0 N–H and O–H groups in total. The predicted octanol–water partition coefficient (Wildman–Crippen LogP) is 3.21. The van der Waals surface area contributed by atoms with E-state index in [-0.39, 0.29) is 11.1 Å². The van der Waals surface area contributed by atoms with Gasteiger partial charge in [0.1, 0.15) is 0 Å². The van der Waals surface area contributed by atoms with Gasteiger partial charge in [0, 0.05) is 55.6 Å². The summed E-state index contributed by atoms with van der Waals surface area (Å²) in [6.07, 6.45) is 2.55. The standard InChI is InChI=1S/C23H31N3O/c1-16-14-19(20-15-17(2)22(27)25(5)18(20)3)6-7-21(16)23(8-9-23)26-12-10-24(4)11-13-26/h6-7,14-15H,8-13H2,1-5H3. The van der Waals surface area contributed by atoms with E-state index in [0.717, 1.165) is 43.0 Å². The second-order valence-corrected chi connectivity index (χ2v) is 8.54. The van der Waals surface area contributed by atoms with Crippen LogP contribution in [-0.2, 0) is 12.6 Å². The average molecular weight is 366 g/mol. The van der Waals surface area contributed by atoms with E-state index >= 15 is 0 Å². The first-order valence-corrected chi connectivity index (χ1v) is 10.1. The van der Waals surface area contributed by atoms with Gasteiger partial charge in [-0.2, -0.15) is 0 Å². The average Bonchev–Trinajstić information content (AvgIpc) is 3.45. The summed E-state index contributed by atoms with van der Waals surface area (Å²) in [5, 5.41) is 0. The molecule has 144 valence electrons. The maximum Gasteiger partial charge on any atom is 0.253 e. The molecule has 1 saturated heterocycles. The Bertz CT molecular complexity index is 931. The molecule has 2 heterocycles. The molecule has 1 aromatic heterocycles. The number of aromatic nitrogens is 1. The van der Waals surface area contributed by atoms with Crippen molar-refractivity contribution in [3.8, 4) is 11.1 Å². The van der Waals surface area contributed by atoms with Gasteiger partial charge in [-0.25, -0.2) is 0 Å². The molecule has 1 aliphatic carbocycles. The lowest BCUT2D eigenvalue weighted by Crippen LogP contribution is -2.49. The first kappa shape index (κ1) is 18.5. The van der Waals surface area contributed by atoms with E-state index < -0.39 is 0 Å². The summed E-state index contributed by atoms with van der Waals surface area (Å²) >= 11 is 0. The molecule has 0 spiro atoms. The molecule has 0 unspecified atom stereocenters. The molecule has 4 nitrogen and oxygen atoms in total. The molecular weight excluding hydrogens is 334 g/mol. The third kappa shape index (κ3) is 3.05. The fourth-order valence-electron chi connectivity index (χ4n) is 4.73. The quantitative estimate of drug-likeness (QED) is 0.836. The highest BCUT2D eigenvalue weighted by Gasteiger charge is 2.50. The third-order valence-corrected chi connectivity index (χ3v) is 6.77. The molecule has 2 fully saturated rings. The van der Waals surface area contributed by atoms with E-state index in [1.807, 2.05) is 27.0 Å². The molecule has 4 heteroatoms. The highest BCUT2D eigenvalue weighted by Crippen LogP contribution is 2.52. The number of piperazine rings is 1. The minimum Gasteiger partial charge on any atom is -0.315 e. The fourth-order valence-corrected chi connectivity index (χ4v) is 4.73. The van der Waals surface area contributed by atoms with Crippen LogP contribution in [0.25, 0.3) is 11.1 Å². The van der Waals surface area contributed by atoms with Crippen molar-refractivity contribution in [2.75, 3.05) is 33.2 Å². The fraction of sp³-hybridized carbons (Fsp3) is 0.522. The summed E-state index contributed by atoms with van der Waals surface area (Å²) in [4.78, 5) is 17.3. The summed E-state index contributed by atoms with van der Waals surface area (Å²) in [5.41, 5.74) is 7.42. The van der Waals surface area contributed by atoms with E-state index in [9.17, 15) is 4.79 Å². The number of hydrogen-bond donors (Lipinski definition) is 0. The van der Waals surface area contributed by atoms with Crippen LogP contribution in [0.1, 0.15) is 35.2 Å². The van der Waals surface area contributed by atoms with E-state index in [2.05, 4.69) is 42.0 Å². The van der Waals surface area contributed by atoms with Crippen molar-refractivity contribution < 1.29 is 0 Å². The molecule has 0 amide bonds. The molecule has 27 heavy (non-hydrogen) atoms. The number of hydrogen-bond acceptors (Lipinski definition) is 3. The molecular formula is C23H31N3O. The van der Waals surface area contributed by atoms with Gasteiger partial charge in [0.2, 0.25) is 0 Å². The van der Waals surface area contributed by atoms with Crippen molar-refractivity contribution in [3.63, 3.8) is 0 Å². The van der Waals surface area contributed by atoms with Crippen LogP contribution in [0.2, 0.25) is 0 Å². The van der Waals surface area contributed by atoms with Gasteiger partial charge in [-0.3, -0.25) is 9.69 Å². The summed E-state index contributed by atoms with van der Waals surface area (Å²) in [5.74, 6) is 0. The van der Waals surface area contributed by atoms with Crippen LogP contribution in [0.15, 0.2) is 29.1 Å². The Kier molecular flexibility index (Phi) is 4.52. The second kappa shape index (κ2) is 6.61. The Morgan fingerprint density at radius 2 is 1.56 bits per heavy atom. The number of pyridine rings is 1. The lowest BCUT2D eigenvalue weighted by molar-refractivity contribution is 0.0973. The molecule has 0 radical (unpaired) electrons. The van der Waals surface area contributed by atoms with Crippen LogP contribution in [0.3, 0.4) is 0 Å². The summed E-state index contributed by atoms with van der Waals surface area (Å²) in [6.45, 7) is 10.8. The number of aryl methyl sites for hydroxylation is 2. The van der Waals surface area contributed by atoms with Gasteiger partial charge in [0.15, 0.2) is 0 Å². The van der Waals surface area contributed by atoms with Gasteiger partial charge in [-0.15, -0.1) is 0 Å². The number of benzene rings is 1. The van der Waals surface area contributed by atoms with E-state index in [1.54, 1.807) is 4.57 Å². The summed E-state index contributed by atoms with van der Waals surface area (Å²) in [6, 6.07) is 8.96. The molecule has 2 aliphatic rings. The highest BCUT2D eigenvalue weighted by molar-refractivity contribution is 5.68. The Morgan fingerprint density at radius 3 is 2.15 bits per heavy atom. The van der Waals surface area contributed by atoms with Crippen molar-refractivity contribution in [1.29, 1.82) is 0 Å². The van der Waals surface area contributed by atoms with Crippen LogP contribution in [0.5, 0.6) is 0 Å². The van der Waals surface area contributed by atoms with Crippen molar-refractivity contribution in [1.82, 2.24) is 14.4 Å². The topological polar surface area (TPSA) is 28.5 Å². The minimum absolute atomic E-state index is 0.0941. The zero-order chi connectivity index (χ0) is 19.3. The van der Waals surface area contributed by atoms with Crippen molar-refractivity contribution in [3.05, 3.63) is 57.0 Å². The molecule has 0 bridgehead atoms. The zero-order valence-electron chi connectivity index (χ0n) is 17.3. The van der Waals surface area contributed by atoms with Crippen molar-refractivity contribution in [2.45, 2.75) is 39.2 Å². The van der Waals surface area contributed by atoms with Crippen LogP contribution >= 0.6 is 0 Å². The van der Waals surface area contributed by atoms with Gasteiger partial charge in [-0.1, -0.05) is 18.2 Å². The monoisotopic (exact) mass is 365 g/mol. The molecule has 1 aliphatic heterocycles. The Balaban J connectivity index is 1.69. The molecule has 1 aromatic carbocycles. The first-order valence-electron chi connectivity index (χ1n) is 10.1. The van der Waals surface area contributed by atoms with Gasteiger partial charge < -0.3 is 9.47 Å². The van der Waals surface area contributed by atoms with Gasteiger partial charge in [0.05, 0.1) is 0 Å². The molecule has 4 rings (SSSR count). The van der Waals surface area contributed by atoms with Gasteiger partial charge >= 0.3 is 0 Å². The SMILES string of the molecule is Cc1cc(-c2cc(C)c(=O)n(C)c2C)ccc1C1(N2CCN(C)CC2)CC1. The van der Waals surface area contributed by atoms with Crippen LogP contribution in [0.4, 0.5) is 0 Å². The van der Waals surface area contributed by atoms with Crippen LogP contribution < -0.4 is 5.56 Å². The number of rotatable bonds is 3. The summed E-state index contributed by atoms with van der Waals surface area (Å²) in [7, 11) is 4.08. The normalized spacial score (nSPS) is 20.0. The second-order valence-electron chi connectivity index (χ2n) is 8.54. The molecule has 1 saturated carbocycles. The van der Waals surface area contributed by atoms with Crippen molar-refractivity contribution >= 4 is 0 Å². The maximum absolute atomic E-state index is 12.2. The van der Waals surface area contributed by atoms with Crippen LogP contribution in [0, 0.1) is 20.8 Å². The summed E-state index contributed by atoms with van der Waals surface area (Å²) < 4.78 is 1.76. The van der Waals surface area contributed by atoms with E-state index in [0.29, 0.717) is 0 Å². The Morgan fingerprint density at radius 1 is 0.889 bits per heavy atom. The highest BCUT2D eigenvalue weighted by atomic mass is 16.1. The predicted molar refractivity (Wildman–Crippen MR) is 111 cm³/mol. The van der Waals surface area contributed by atoms with Gasteiger partial charge in [0.25, 0.3) is 5.56 Å². The Hall–Kier alpha value is -1.91.